The molecule has 1 aromatic carbocycles. The molecular formula is C11H11F2N3. The lowest BCUT2D eigenvalue weighted by atomic mass is 10.1. The molecule has 0 fully saturated rings. The number of pyridine rings is 1. The van der Waals surface area contributed by atoms with Gasteiger partial charge in [0, 0.05) is 17.1 Å². The van der Waals surface area contributed by atoms with Crippen LogP contribution in [0.4, 0.5) is 14.5 Å². The van der Waals surface area contributed by atoms with Crippen LogP contribution < -0.4 is 11.3 Å². The van der Waals surface area contributed by atoms with Gasteiger partial charge < -0.3 is 5.43 Å². The lowest BCUT2D eigenvalue weighted by molar-refractivity contribution is 0.590. The Hall–Kier alpha value is -1.75. The van der Waals surface area contributed by atoms with Gasteiger partial charge >= 0.3 is 0 Å². The molecule has 1 heterocycles. The van der Waals surface area contributed by atoms with E-state index in [0.717, 1.165) is 6.07 Å². The van der Waals surface area contributed by atoms with Crippen molar-refractivity contribution >= 4 is 16.6 Å². The van der Waals surface area contributed by atoms with E-state index in [4.69, 9.17) is 5.84 Å². The molecule has 0 bridgehead atoms. The number of benzene rings is 1. The first-order chi connectivity index (χ1) is 7.65. The topological polar surface area (TPSA) is 50.9 Å². The van der Waals surface area contributed by atoms with Gasteiger partial charge in [-0.1, -0.05) is 6.92 Å². The first-order valence-corrected chi connectivity index (χ1v) is 4.91. The van der Waals surface area contributed by atoms with Crippen molar-refractivity contribution in [3.05, 3.63) is 35.5 Å². The Morgan fingerprint density at radius 1 is 1.31 bits per heavy atom. The Bertz CT molecular complexity index is 540. The third-order valence-corrected chi connectivity index (χ3v) is 2.40. The number of aryl methyl sites for hydroxylation is 1. The summed E-state index contributed by atoms with van der Waals surface area (Å²) < 4.78 is 26.6. The van der Waals surface area contributed by atoms with Gasteiger partial charge in [-0.2, -0.15) is 0 Å². The number of nitrogens with zero attached hydrogens (tertiary/aromatic N) is 1. The predicted octanol–water partition coefficient (Wildman–Crippen LogP) is 2.36. The SMILES string of the molecule is CCc1cc(NN)c2cc(F)cc(F)c2n1. The minimum Gasteiger partial charge on any atom is -0.323 e. The molecule has 0 atom stereocenters. The number of halogens is 2. The van der Waals surface area contributed by atoms with Gasteiger partial charge in [0.25, 0.3) is 0 Å². The Morgan fingerprint density at radius 3 is 2.69 bits per heavy atom. The highest BCUT2D eigenvalue weighted by Gasteiger charge is 2.10. The number of rotatable bonds is 2. The quantitative estimate of drug-likeness (QED) is 0.607. The summed E-state index contributed by atoms with van der Waals surface area (Å²) in [5.41, 5.74) is 3.73. The summed E-state index contributed by atoms with van der Waals surface area (Å²) in [4.78, 5) is 4.11. The van der Waals surface area contributed by atoms with Gasteiger partial charge in [0.2, 0.25) is 0 Å². The minimum atomic E-state index is -0.679. The highest BCUT2D eigenvalue weighted by atomic mass is 19.1. The molecule has 0 amide bonds. The summed E-state index contributed by atoms with van der Waals surface area (Å²) >= 11 is 0. The Kier molecular flexibility index (Phi) is 2.70. The zero-order valence-corrected chi connectivity index (χ0v) is 8.72. The van der Waals surface area contributed by atoms with Crippen molar-refractivity contribution in [2.45, 2.75) is 13.3 Å². The van der Waals surface area contributed by atoms with Crippen LogP contribution in [0.5, 0.6) is 0 Å². The van der Waals surface area contributed by atoms with E-state index in [2.05, 4.69) is 10.4 Å². The third-order valence-electron chi connectivity index (χ3n) is 2.40. The molecule has 0 radical (unpaired) electrons. The molecule has 16 heavy (non-hydrogen) atoms. The molecule has 2 rings (SSSR count). The van der Waals surface area contributed by atoms with Gasteiger partial charge in [0.15, 0.2) is 5.82 Å². The van der Waals surface area contributed by atoms with Crippen LogP contribution in [0.1, 0.15) is 12.6 Å². The summed E-state index contributed by atoms with van der Waals surface area (Å²) in [6, 6.07) is 3.70. The van der Waals surface area contributed by atoms with Gasteiger partial charge in [-0.25, -0.2) is 13.8 Å². The summed E-state index contributed by atoms with van der Waals surface area (Å²) in [5.74, 6) is 3.99. The normalized spacial score (nSPS) is 10.8. The molecule has 0 aliphatic carbocycles. The van der Waals surface area contributed by atoms with Crippen LogP contribution in [-0.4, -0.2) is 4.98 Å². The number of fused-ring (bicyclic) bond motifs is 1. The summed E-state index contributed by atoms with van der Waals surface area (Å²) in [6.07, 6.45) is 0.654. The van der Waals surface area contributed by atoms with E-state index in [1.165, 1.54) is 6.07 Å². The zero-order valence-electron chi connectivity index (χ0n) is 8.72. The minimum absolute atomic E-state index is 0.133. The number of aromatic nitrogens is 1. The van der Waals surface area contributed by atoms with Crippen molar-refractivity contribution in [2.24, 2.45) is 5.84 Å². The van der Waals surface area contributed by atoms with E-state index < -0.39 is 11.6 Å². The summed E-state index contributed by atoms with van der Waals surface area (Å²) in [7, 11) is 0. The number of hydrazine groups is 1. The van der Waals surface area contributed by atoms with Crippen molar-refractivity contribution < 1.29 is 8.78 Å². The highest BCUT2D eigenvalue weighted by molar-refractivity contribution is 5.91. The molecule has 5 heteroatoms. The summed E-state index contributed by atoms with van der Waals surface area (Å²) in [6.45, 7) is 1.90. The lowest BCUT2D eigenvalue weighted by Crippen LogP contribution is -2.09. The molecule has 0 saturated heterocycles. The van der Waals surface area contributed by atoms with Gasteiger partial charge in [-0.15, -0.1) is 0 Å². The van der Waals surface area contributed by atoms with Crippen LogP contribution in [0.2, 0.25) is 0 Å². The van der Waals surface area contributed by atoms with Gasteiger partial charge in [-0.05, 0) is 18.6 Å². The molecule has 0 aliphatic rings. The van der Waals surface area contributed by atoms with Crippen molar-refractivity contribution in [1.82, 2.24) is 4.98 Å². The van der Waals surface area contributed by atoms with Crippen LogP contribution in [0.15, 0.2) is 18.2 Å². The maximum absolute atomic E-state index is 13.5. The second-order valence-corrected chi connectivity index (χ2v) is 3.44. The van der Waals surface area contributed by atoms with Crippen molar-refractivity contribution in [3.8, 4) is 0 Å². The first-order valence-electron chi connectivity index (χ1n) is 4.91. The van der Waals surface area contributed by atoms with E-state index in [1.54, 1.807) is 6.07 Å². The molecule has 0 unspecified atom stereocenters. The van der Waals surface area contributed by atoms with E-state index >= 15 is 0 Å². The van der Waals surface area contributed by atoms with Crippen LogP contribution >= 0.6 is 0 Å². The predicted molar refractivity (Wildman–Crippen MR) is 58.8 cm³/mol. The fourth-order valence-electron chi connectivity index (χ4n) is 1.61. The maximum Gasteiger partial charge on any atom is 0.152 e. The molecule has 0 aliphatic heterocycles. The Balaban J connectivity index is 2.83. The monoisotopic (exact) mass is 223 g/mol. The molecule has 2 aromatic rings. The molecular weight excluding hydrogens is 212 g/mol. The van der Waals surface area contributed by atoms with Crippen molar-refractivity contribution in [1.29, 1.82) is 0 Å². The fourth-order valence-corrected chi connectivity index (χ4v) is 1.61. The first kappa shape index (κ1) is 10.8. The third kappa shape index (κ3) is 1.69. The molecule has 3 nitrogen and oxygen atoms in total. The zero-order chi connectivity index (χ0) is 11.7. The molecule has 84 valence electrons. The van der Waals surface area contributed by atoms with E-state index in [0.29, 0.717) is 23.2 Å². The van der Waals surface area contributed by atoms with Gasteiger partial charge in [-0.3, -0.25) is 5.84 Å². The van der Waals surface area contributed by atoms with Crippen molar-refractivity contribution in [2.75, 3.05) is 5.43 Å². The Labute approximate surface area is 91.3 Å². The highest BCUT2D eigenvalue weighted by Crippen LogP contribution is 2.25. The molecule has 0 spiro atoms. The maximum atomic E-state index is 13.5. The summed E-state index contributed by atoms with van der Waals surface area (Å²) in [5, 5.41) is 0.345. The van der Waals surface area contributed by atoms with E-state index in [9.17, 15) is 8.78 Å². The molecule has 1 aromatic heterocycles. The number of hydrogen-bond acceptors (Lipinski definition) is 3. The smallest absolute Gasteiger partial charge is 0.152 e. The fraction of sp³-hybridized carbons (Fsp3) is 0.182. The Morgan fingerprint density at radius 2 is 2.06 bits per heavy atom. The van der Waals surface area contributed by atoms with Gasteiger partial charge in [0.05, 0.1) is 5.69 Å². The van der Waals surface area contributed by atoms with Crippen LogP contribution in [-0.2, 0) is 6.42 Å². The number of hydrogen-bond donors (Lipinski definition) is 2. The van der Waals surface area contributed by atoms with Gasteiger partial charge in [0.1, 0.15) is 11.3 Å². The van der Waals surface area contributed by atoms with Crippen LogP contribution in [0.25, 0.3) is 10.9 Å². The lowest BCUT2D eigenvalue weighted by Gasteiger charge is -2.08. The van der Waals surface area contributed by atoms with Crippen LogP contribution in [0.3, 0.4) is 0 Å². The second kappa shape index (κ2) is 4.02. The average Bonchev–Trinajstić information content (AvgIpc) is 2.28. The average molecular weight is 223 g/mol. The number of nitrogen functional groups attached to an aromatic ring is 1. The van der Waals surface area contributed by atoms with E-state index in [-0.39, 0.29) is 5.52 Å². The molecule has 3 N–H and O–H groups in total. The van der Waals surface area contributed by atoms with Crippen molar-refractivity contribution in [3.63, 3.8) is 0 Å². The molecule has 0 saturated carbocycles. The van der Waals surface area contributed by atoms with Crippen LogP contribution in [0, 0.1) is 11.6 Å². The standard InChI is InChI=1S/C11H11F2N3/c1-2-7-5-10(16-14)8-3-6(12)4-9(13)11(8)15-7/h3-5H,2,14H2,1H3,(H,15,16). The number of nitrogens with one attached hydrogen (secondary N) is 1. The second-order valence-electron chi connectivity index (χ2n) is 3.44. The number of anilines is 1. The number of nitrogens with two attached hydrogens (primary N) is 1. The largest absolute Gasteiger partial charge is 0.323 e. The van der Waals surface area contributed by atoms with E-state index in [1.807, 2.05) is 6.92 Å².